The van der Waals surface area contributed by atoms with Crippen LogP contribution in [0.15, 0.2) is 10.7 Å². The van der Waals surface area contributed by atoms with Gasteiger partial charge in [0.2, 0.25) is 0 Å². The van der Waals surface area contributed by atoms with Crippen LogP contribution in [0.3, 0.4) is 0 Å². The average Bonchev–Trinajstić information content (AvgIpc) is 2.57. The van der Waals surface area contributed by atoms with Crippen molar-refractivity contribution in [1.29, 1.82) is 0 Å². The molecule has 0 aliphatic heterocycles. The van der Waals surface area contributed by atoms with Gasteiger partial charge in [-0.15, -0.1) is 0 Å². The van der Waals surface area contributed by atoms with E-state index >= 15 is 0 Å². The molecule has 1 aromatic rings. The van der Waals surface area contributed by atoms with E-state index in [1.807, 2.05) is 25.8 Å². The summed E-state index contributed by atoms with van der Waals surface area (Å²) in [6.07, 6.45) is 1.19. The number of nitrogens with zero attached hydrogens (tertiary/aromatic N) is 3. The number of aromatic nitrogens is 2. The molecule has 92 valence electrons. The average molecular weight is 291 g/mol. The van der Waals surface area contributed by atoms with E-state index in [2.05, 4.69) is 31.2 Å². The Morgan fingerprint density at radius 1 is 1.62 bits per heavy atom. The van der Waals surface area contributed by atoms with Crippen LogP contribution in [0.25, 0.3) is 0 Å². The fourth-order valence-corrected chi connectivity index (χ4v) is 2.03. The second kappa shape index (κ2) is 6.34. The van der Waals surface area contributed by atoms with Crippen molar-refractivity contribution < 1.29 is 5.11 Å². The van der Waals surface area contributed by atoms with E-state index in [1.165, 1.54) is 0 Å². The number of aliphatic hydroxyl groups excluding tert-OH is 1. The summed E-state index contributed by atoms with van der Waals surface area (Å²) in [5.74, 6) is 0. The zero-order valence-electron chi connectivity index (χ0n) is 9.94. The predicted octanol–water partition coefficient (Wildman–Crippen LogP) is 0.460. The molecule has 0 amide bonds. The number of aliphatic hydroxyl groups is 1. The van der Waals surface area contributed by atoms with Crippen molar-refractivity contribution in [2.75, 3.05) is 34.2 Å². The molecule has 2 N–H and O–H groups in total. The normalized spacial score (nSPS) is 13.4. The van der Waals surface area contributed by atoms with Crippen molar-refractivity contribution in [3.63, 3.8) is 0 Å². The Morgan fingerprint density at radius 2 is 2.31 bits per heavy atom. The minimum atomic E-state index is -0.538. The number of hydrogen-bond donors (Lipinski definition) is 2. The lowest BCUT2D eigenvalue weighted by Gasteiger charge is -2.15. The minimum Gasteiger partial charge on any atom is -0.385 e. The smallest absolute Gasteiger partial charge is 0.109 e. The summed E-state index contributed by atoms with van der Waals surface area (Å²) >= 11 is 3.41. The first-order valence-corrected chi connectivity index (χ1v) is 6.04. The molecule has 0 saturated carbocycles. The first-order chi connectivity index (χ1) is 7.56. The second-order valence-electron chi connectivity index (χ2n) is 3.98. The molecule has 16 heavy (non-hydrogen) atoms. The highest BCUT2D eigenvalue weighted by Crippen LogP contribution is 2.22. The van der Waals surface area contributed by atoms with E-state index < -0.39 is 6.10 Å². The Balaban J connectivity index is 2.76. The summed E-state index contributed by atoms with van der Waals surface area (Å²) in [7, 11) is 5.85. The Morgan fingerprint density at radius 3 is 2.88 bits per heavy atom. The fraction of sp³-hybridized carbons (Fsp3) is 0.700. The van der Waals surface area contributed by atoms with Crippen molar-refractivity contribution in [2.24, 2.45) is 0 Å². The zero-order valence-corrected chi connectivity index (χ0v) is 11.5. The third-order valence-electron chi connectivity index (χ3n) is 2.31. The maximum absolute atomic E-state index is 9.97. The third-order valence-corrected chi connectivity index (χ3v) is 2.92. The van der Waals surface area contributed by atoms with Crippen LogP contribution in [-0.2, 0) is 6.54 Å². The molecule has 0 aliphatic rings. The number of nitrogens with one attached hydrogen (secondary N) is 1. The van der Waals surface area contributed by atoms with Crippen LogP contribution >= 0.6 is 15.9 Å². The molecular weight excluding hydrogens is 272 g/mol. The summed E-state index contributed by atoms with van der Waals surface area (Å²) in [5, 5.41) is 17.2. The quantitative estimate of drug-likeness (QED) is 0.799. The van der Waals surface area contributed by atoms with E-state index in [4.69, 9.17) is 0 Å². The summed E-state index contributed by atoms with van der Waals surface area (Å²) < 4.78 is 2.69. The van der Waals surface area contributed by atoms with Gasteiger partial charge in [0.15, 0.2) is 0 Å². The van der Waals surface area contributed by atoms with Gasteiger partial charge >= 0.3 is 0 Å². The van der Waals surface area contributed by atoms with Crippen LogP contribution in [0.2, 0.25) is 0 Å². The van der Waals surface area contributed by atoms with Crippen LogP contribution in [0.5, 0.6) is 0 Å². The van der Waals surface area contributed by atoms with E-state index in [-0.39, 0.29) is 0 Å². The summed E-state index contributed by atoms with van der Waals surface area (Å²) in [6.45, 7) is 2.19. The first kappa shape index (κ1) is 13.6. The van der Waals surface area contributed by atoms with Gasteiger partial charge in [0.1, 0.15) is 6.10 Å². The van der Waals surface area contributed by atoms with E-state index in [9.17, 15) is 5.11 Å². The SMILES string of the molecule is CNCC(O)c1c(Br)cnn1CCN(C)C. The first-order valence-electron chi connectivity index (χ1n) is 5.25. The fourth-order valence-electron chi connectivity index (χ4n) is 1.47. The molecule has 0 saturated heterocycles. The van der Waals surface area contributed by atoms with Crippen LogP contribution in [-0.4, -0.2) is 54.0 Å². The maximum atomic E-state index is 9.97. The Labute approximate surface area is 105 Å². The largest absolute Gasteiger partial charge is 0.385 e. The standard InChI is InChI=1S/C10H19BrN4O/c1-12-7-9(16)10-8(11)6-13-15(10)5-4-14(2)3/h6,9,12,16H,4-5,7H2,1-3H3. The molecule has 1 unspecified atom stereocenters. The summed E-state index contributed by atoms with van der Waals surface area (Å²) in [5.41, 5.74) is 0.830. The van der Waals surface area contributed by atoms with Gasteiger partial charge in [-0.25, -0.2) is 0 Å². The van der Waals surface area contributed by atoms with Gasteiger partial charge in [-0.2, -0.15) is 5.10 Å². The predicted molar refractivity (Wildman–Crippen MR) is 67.4 cm³/mol. The van der Waals surface area contributed by atoms with Gasteiger partial charge in [-0.3, -0.25) is 4.68 Å². The van der Waals surface area contributed by atoms with Crippen LogP contribution in [0.1, 0.15) is 11.8 Å². The van der Waals surface area contributed by atoms with Gasteiger partial charge in [-0.1, -0.05) is 0 Å². The van der Waals surface area contributed by atoms with Crippen molar-refractivity contribution in [3.05, 3.63) is 16.4 Å². The molecule has 1 aromatic heterocycles. The van der Waals surface area contributed by atoms with E-state index in [1.54, 1.807) is 6.20 Å². The lowest BCUT2D eigenvalue weighted by molar-refractivity contribution is 0.164. The topological polar surface area (TPSA) is 53.3 Å². The molecule has 1 heterocycles. The zero-order chi connectivity index (χ0) is 12.1. The highest BCUT2D eigenvalue weighted by molar-refractivity contribution is 9.10. The van der Waals surface area contributed by atoms with Gasteiger partial charge < -0.3 is 15.3 Å². The molecular formula is C10H19BrN4O. The molecule has 0 fully saturated rings. The molecule has 0 spiro atoms. The minimum absolute atomic E-state index is 0.520. The van der Waals surface area contributed by atoms with Crippen molar-refractivity contribution in [1.82, 2.24) is 20.0 Å². The Hall–Kier alpha value is -0.430. The number of rotatable bonds is 6. The summed E-state index contributed by atoms with van der Waals surface area (Å²) in [4.78, 5) is 2.09. The highest BCUT2D eigenvalue weighted by atomic mass is 79.9. The molecule has 0 aromatic carbocycles. The van der Waals surface area contributed by atoms with Gasteiger partial charge in [0, 0.05) is 13.1 Å². The molecule has 6 heteroatoms. The molecule has 0 aliphatic carbocycles. The Kier molecular flexibility index (Phi) is 5.40. The highest BCUT2D eigenvalue weighted by Gasteiger charge is 2.16. The monoisotopic (exact) mass is 290 g/mol. The second-order valence-corrected chi connectivity index (χ2v) is 4.83. The Bertz CT molecular complexity index is 327. The molecule has 1 atom stereocenters. The van der Waals surface area contributed by atoms with Crippen molar-refractivity contribution in [3.8, 4) is 0 Å². The molecule has 0 radical (unpaired) electrons. The molecule has 0 bridgehead atoms. The third kappa shape index (κ3) is 3.55. The van der Waals surface area contributed by atoms with Gasteiger partial charge in [0.25, 0.3) is 0 Å². The number of hydrogen-bond acceptors (Lipinski definition) is 4. The van der Waals surface area contributed by atoms with Crippen molar-refractivity contribution >= 4 is 15.9 Å². The summed E-state index contributed by atoms with van der Waals surface area (Å²) in [6, 6.07) is 0. The van der Waals surface area contributed by atoms with Gasteiger partial charge in [0.05, 0.1) is 22.9 Å². The van der Waals surface area contributed by atoms with Crippen LogP contribution < -0.4 is 5.32 Å². The van der Waals surface area contributed by atoms with Crippen molar-refractivity contribution in [2.45, 2.75) is 12.6 Å². The lowest BCUT2D eigenvalue weighted by atomic mass is 10.2. The van der Waals surface area contributed by atoms with Crippen LogP contribution in [0, 0.1) is 0 Å². The van der Waals surface area contributed by atoms with E-state index in [0.717, 1.165) is 23.3 Å². The number of likely N-dealkylation sites (N-methyl/N-ethyl adjacent to an activating group) is 2. The van der Waals surface area contributed by atoms with Crippen LogP contribution in [0.4, 0.5) is 0 Å². The number of halogens is 1. The van der Waals surface area contributed by atoms with E-state index in [0.29, 0.717) is 6.54 Å². The molecule has 5 nitrogen and oxygen atoms in total. The van der Waals surface area contributed by atoms with Gasteiger partial charge in [-0.05, 0) is 37.1 Å². The molecule has 1 rings (SSSR count). The lowest BCUT2D eigenvalue weighted by Crippen LogP contribution is -2.24. The maximum Gasteiger partial charge on any atom is 0.109 e.